The summed E-state index contributed by atoms with van der Waals surface area (Å²) in [5.74, 6) is -4.07. The van der Waals surface area contributed by atoms with Crippen molar-refractivity contribution < 1.29 is 66.3 Å². The molecule has 2 amide bonds. The van der Waals surface area contributed by atoms with Crippen molar-refractivity contribution in [3.05, 3.63) is 87.1 Å². The van der Waals surface area contributed by atoms with Crippen LogP contribution in [0.3, 0.4) is 0 Å². The van der Waals surface area contributed by atoms with Crippen LogP contribution in [0, 0.1) is 11.7 Å². The van der Waals surface area contributed by atoms with E-state index in [-0.39, 0.29) is 22.4 Å². The van der Waals surface area contributed by atoms with Crippen LogP contribution in [0.4, 0.5) is 59.7 Å². The minimum absolute atomic E-state index is 0.0883. The molecule has 3 aromatic carbocycles. The maximum Gasteiger partial charge on any atom is 0.435 e. The van der Waals surface area contributed by atoms with Gasteiger partial charge in [-0.05, 0) is 90.1 Å². The van der Waals surface area contributed by atoms with Gasteiger partial charge in [-0.1, -0.05) is 6.07 Å². The van der Waals surface area contributed by atoms with Gasteiger partial charge in [-0.25, -0.2) is 17.2 Å². The molecule has 1 atom stereocenters. The monoisotopic (exact) mass is 794 g/mol. The van der Waals surface area contributed by atoms with Crippen molar-refractivity contribution in [2.24, 2.45) is 5.92 Å². The van der Waals surface area contributed by atoms with Crippen LogP contribution in [-0.2, 0) is 21.7 Å². The molecule has 4 rings (SSSR count). The van der Waals surface area contributed by atoms with Gasteiger partial charge in [-0.2, -0.15) is 39.5 Å². The molecule has 1 N–H and O–H groups in total. The largest absolute Gasteiger partial charge is 0.435 e. The highest BCUT2D eigenvalue weighted by molar-refractivity contribution is 9.10. The summed E-state index contributed by atoms with van der Waals surface area (Å²) in [6.07, 6.45) is -17.1. The molecule has 1 aliphatic rings. The molecule has 266 valence electrons. The Morgan fingerprint density at radius 2 is 1.45 bits per heavy atom. The van der Waals surface area contributed by atoms with Crippen molar-refractivity contribution in [1.82, 2.24) is 0 Å². The zero-order valence-corrected chi connectivity index (χ0v) is 27.2. The predicted molar refractivity (Wildman–Crippen MR) is 157 cm³/mol. The topological polar surface area (TPSA) is 83.6 Å². The number of benzene rings is 3. The summed E-state index contributed by atoms with van der Waals surface area (Å²) in [4.78, 5) is 27.7. The summed E-state index contributed by atoms with van der Waals surface area (Å²) in [6, 6.07) is 5.83. The Hall–Kier alpha value is -3.74. The second-order valence-corrected chi connectivity index (χ2v) is 14.0. The lowest BCUT2D eigenvalue weighted by atomic mass is 9.92. The van der Waals surface area contributed by atoms with Gasteiger partial charge in [0.15, 0.2) is 15.7 Å². The average molecular weight is 795 g/mol. The molecule has 0 spiro atoms. The molecule has 6 nitrogen and oxygen atoms in total. The van der Waals surface area contributed by atoms with Crippen LogP contribution >= 0.6 is 15.9 Å². The molecule has 3 aromatic rings. The lowest BCUT2D eigenvalue weighted by Gasteiger charge is -2.31. The van der Waals surface area contributed by atoms with Gasteiger partial charge in [-0.3, -0.25) is 9.59 Å². The molecule has 0 radical (unpaired) electrons. The van der Waals surface area contributed by atoms with Crippen LogP contribution in [0.1, 0.15) is 51.6 Å². The van der Waals surface area contributed by atoms with Gasteiger partial charge in [0.2, 0.25) is 0 Å². The van der Waals surface area contributed by atoms with E-state index in [4.69, 9.17) is 0 Å². The zero-order valence-electron chi connectivity index (χ0n) is 24.8. The fraction of sp³-hybridized carbons (Fsp3) is 0.333. The molecule has 0 bridgehead atoms. The van der Waals surface area contributed by atoms with E-state index in [1.54, 1.807) is 12.2 Å². The number of rotatable bonds is 8. The van der Waals surface area contributed by atoms with Gasteiger partial charge in [0, 0.05) is 27.9 Å². The number of nitrogens with one attached hydrogen (secondary N) is 1. The van der Waals surface area contributed by atoms with E-state index in [1.807, 2.05) is 0 Å². The standard InChI is InChI=1S/C30H22BrF11N2O4S/c1-14(15-6-7-15)44(26(46)16-8-10-18(11-9-16)49(2,47)48)22-5-3-4-19(23(22)32)25(45)43-24-20(28(34,35)36)12-17(13-21(24)31)27(33,29(37,38)39)30(40,41)42/h3-5,8-15H,6-7H2,1-2H3,(H,43,45). The smallest absolute Gasteiger partial charge is 0.320 e. The summed E-state index contributed by atoms with van der Waals surface area (Å²) in [6.45, 7) is 1.56. The van der Waals surface area contributed by atoms with Gasteiger partial charge in [0.25, 0.3) is 11.8 Å². The molecule has 1 saturated carbocycles. The minimum atomic E-state index is -6.75. The number of amides is 2. The molecule has 0 aliphatic heterocycles. The Bertz CT molecular complexity index is 1880. The van der Waals surface area contributed by atoms with Crippen LogP contribution in [-0.4, -0.2) is 44.9 Å². The number of nitrogens with zero attached hydrogens (tertiary/aromatic N) is 1. The predicted octanol–water partition coefficient (Wildman–Crippen LogP) is 9.00. The van der Waals surface area contributed by atoms with Crippen molar-refractivity contribution in [2.75, 3.05) is 16.5 Å². The van der Waals surface area contributed by atoms with Gasteiger partial charge >= 0.3 is 24.2 Å². The van der Waals surface area contributed by atoms with Crippen molar-refractivity contribution >= 4 is 49.0 Å². The van der Waals surface area contributed by atoms with E-state index in [0.29, 0.717) is 12.8 Å². The van der Waals surface area contributed by atoms with E-state index >= 15 is 4.39 Å². The van der Waals surface area contributed by atoms with Gasteiger partial charge in [-0.15, -0.1) is 0 Å². The van der Waals surface area contributed by atoms with Crippen LogP contribution in [0.25, 0.3) is 0 Å². The number of carbonyl (C=O) groups is 2. The molecule has 0 heterocycles. The fourth-order valence-corrected chi connectivity index (χ4v) is 6.18. The first-order valence-electron chi connectivity index (χ1n) is 13.8. The minimum Gasteiger partial charge on any atom is -0.320 e. The first-order valence-corrected chi connectivity index (χ1v) is 16.5. The lowest BCUT2D eigenvalue weighted by molar-refractivity contribution is -0.348. The van der Waals surface area contributed by atoms with Crippen LogP contribution < -0.4 is 10.2 Å². The fourth-order valence-electron chi connectivity index (χ4n) is 4.99. The second-order valence-electron chi connectivity index (χ2n) is 11.2. The number of hydrogen-bond acceptors (Lipinski definition) is 4. The highest BCUT2D eigenvalue weighted by Gasteiger charge is 2.73. The highest BCUT2D eigenvalue weighted by atomic mass is 79.9. The van der Waals surface area contributed by atoms with Gasteiger partial charge in [0.1, 0.15) is 0 Å². The number of halogens is 12. The number of anilines is 2. The Morgan fingerprint density at radius 1 is 0.898 bits per heavy atom. The Morgan fingerprint density at radius 3 is 1.92 bits per heavy atom. The summed E-state index contributed by atoms with van der Waals surface area (Å²) in [5.41, 5.74) is -14.1. The SMILES string of the molecule is CC(C1CC1)N(C(=O)c1ccc(S(C)(=O)=O)cc1)c1cccc(C(=O)Nc2c(Br)cc(C(F)(C(F)(F)F)C(F)(F)F)cc2C(F)(F)F)c1F. The summed E-state index contributed by atoms with van der Waals surface area (Å²) in [7, 11) is -3.65. The third-order valence-corrected chi connectivity index (χ3v) is 9.51. The Labute approximate surface area is 279 Å². The van der Waals surface area contributed by atoms with E-state index in [9.17, 15) is 61.9 Å². The molecule has 1 fully saturated rings. The van der Waals surface area contributed by atoms with Crippen molar-refractivity contribution in [3.8, 4) is 0 Å². The maximum atomic E-state index is 16.1. The lowest BCUT2D eigenvalue weighted by Crippen LogP contribution is -2.50. The number of hydrogen-bond donors (Lipinski definition) is 1. The first-order chi connectivity index (χ1) is 22.3. The molecule has 1 aliphatic carbocycles. The molecule has 0 saturated heterocycles. The Balaban J connectivity index is 1.79. The molecule has 0 aromatic heterocycles. The molecule has 49 heavy (non-hydrogen) atoms. The van der Waals surface area contributed by atoms with Crippen LogP contribution in [0.5, 0.6) is 0 Å². The summed E-state index contributed by atoms with van der Waals surface area (Å²) in [5, 5.41) is 1.62. The second kappa shape index (κ2) is 12.9. The number of carbonyl (C=O) groups excluding carboxylic acids is 2. The zero-order chi connectivity index (χ0) is 37.1. The van der Waals surface area contributed by atoms with Gasteiger partial charge in [0.05, 0.1) is 27.4 Å². The summed E-state index contributed by atoms with van der Waals surface area (Å²) >= 11 is 2.38. The quantitative estimate of drug-likeness (QED) is 0.231. The van der Waals surface area contributed by atoms with E-state index in [2.05, 4.69) is 15.9 Å². The van der Waals surface area contributed by atoms with Crippen molar-refractivity contribution in [1.29, 1.82) is 0 Å². The number of sulfone groups is 1. The van der Waals surface area contributed by atoms with E-state index in [0.717, 1.165) is 41.5 Å². The third-order valence-electron chi connectivity index (χ3n) is 7.76. The van der Waals surface area contributed by atoms with E-state index < -0.39 is 96.3 Å². The first kappa shape index (κ1) is 38.1. The summed E-state index contributed by atoms with van der Waals surface area (Å²) < 4.78 is 175. The van der Waals surface area contributed by atoms with Crippen LogP contribution in [0.15, 0.2) is 64.0 Å². The average Bonchev–Trinajstić information content (AvgIpc) is 3.82. The van der Waals surface area contributed by atoms with Crippen LogP contribution in [0.2, 0.25) is 0 Å². The Kier molecular flexibility index (Phi) is 9.99. The normalized spacial score (nSPS) is 15.1. The molecular formula is C30H22BrF11N2O4S. The third kappa shape index (κ3) is 7.41. The maximum absolute atomic E-state index is 16.1. The van der Waals surface area contributed by atoms with Crippen molar-refractivity contribution in [3.63, 3.8) is 0 Å². The number of alkyl halides is 10. The molecule has 1 unspecified atom stereocenters. The van der Waals surface area contributed by atoms with Crippen molar-refractivity contribution in [2.45, 2.75) is 54.9 Å². The van der Waals surface area contributed by atoms with Gasteiger partial charge < -0.3 is 10.2 Å². The highest BCUT2D eigenvalue weighted by Crippen LogP contribution is 2.55. The molecule has 19 heteroatoms. The molecular weight excluding hydrogens is 773 g/mol. The van der Waals surface area contributed by atoms with E-state index in [1.165, 1.54) is 12.1 Å².